The maximum atomic E-state index is 13.2. The van der Waals surface area contributed by atoms with Crippen LogP contribution in [0.4, 0.5) is 15.9 Å². The summed E-state index contributed by atoms with van der Waals surface area (Å²) in [6.07, 6.45) is 0. The quantitative estimate of drug-likeness (QED) is 0.762. The van der Waals surface area contributed by atoms with Crippen molar-refractivity contribution in [3.05, 3.63) is 59.5 Å². The molecule has 0 fully saturated rings. The minimum absolute atomic E-state index is 0.309. The van der Waals surface area contributed by atoms with Crippen LogP contribution in [0.2, 0.25) is 5.15 Å². The highest BCUT2D eigenvalue weighted by atomic mass is 35.5. The normalized spacial score (nSPS) is 10.6. The summed E-state index contributed by atoms with van der Waals surface area (Å²) >= 11 is 6.00. The Balaban J connectivity index is 2.09. The maximum Gasteiger partial charge on any atom is 0.161 e. The van der Waals surface area contributed by atoms with E-state index in [-0.39, 0.29) is 5.82 Å². The Kier molecular flexibility index (Phi) is 3.01. The number of nitrogens with one attached hydrogen (secondary N) is 1. The SMILES string of the molecule is Fc1cccc(Nc2nnc(Cl)c3ccccc23)c1. The largest absolute Gasteiger partial charge is 0.338 e. The number of hydrogen-bond donors (Lipinski definition) is 1. The lowest BCUT2D eigenvalue weighted by Gasteiger charge is -2.08. The molecule has 1 N–H and O–H groups in total. The van der Waals surface area contributed by atoms with Crippen molar-refractivity contribution < 1.29 is 4.39 Å². The van der Waals surface area contributed by atoms with Crippen LogP contribution in [0.3, 0.4) is 0 Å². The van der Waals surface area contributed by atoms with Gasteiger partial charge in [-0.1, -0.05) is 41.9 Å². The minimum atomic E-state index is -0.309. The van der Waals surface area contributed by atoms with E-state index in [4.69, 9.17) is 11.6 Å². The number of nitrogens with zero attached hydrogens (tertiary/aromatic N) is 2. The fourth-order valence-corrected chi connectivity index (χ4v) is 2.07. The van der Waals surface area contributed by atoms with Gasteiger partial charge in [-0.05, 0) is 18.2 Å². The van der Waals surface area contributed by atoms with E-state index in [1.165, 1.54) is 12.1 Å². The lowest BCUT2D eigenvalue weighted by molar-refractivity contribution is 0.628. The highest BCUT2D eigenvalue weighted by Crippen LogP contribution is 2.27. The molecule has 3 nitrogen and oxygen atoms in total. The molecule has 0 amide bonds. The van der Waals surface area contributed by atoms with Gasteiger partial charge in [-0.25, -0.2) is 4.39 Å². The molecule has 0 aliphatic rings. The molecular weight excluding hydrogens is 265 g/mol. The number of hydrogen-bond acceptors (Lipinski definition) is 3. The Labute approximate surface area is 114 Å². The van der Waals surface area contributed by atoms with E-state index in [0.717, 1.165) is 10.8 Å². The van der Waals surface area contributed by atoms with Crippen LogP contribution in [0.15, 0.2) is 48.5 Å². The van der Waals surface area contributed by atoms with Crippen LogP contribution >= 0.6 is 11.6 Å². The first-order valence-electron chi connectivity index (χ1n) is 5.67. The maximum absolute atomic E-state index is 13.2. The van der Waals surface area contributed by atoms with E-state index in [1.807, 2.05) is 24.3 Å². The highest BCUT2D eigenvalue weighted by molar-refractivity contribution is 6.34. The van der Waals surface area contributed by atoms with Gasteiger partial charge in [-0.15, -0.1) is 10.2 Å². The summed E-state index contributed by atoms with van der Waals surface area (Å²) in [5, 5.41) is 12.9. The Bertz CT molecular complexity index is 746. The molecule has 2 aromatic carbocycles. The molecular formula is C14H9ClFN3. The fourth-order valence-electron chi connectivity index (χ4n) is 1.87. The molecule has 0 saturated carbocycles. The molecule has 1 aromatic heterocycles. The van der Waals surface area contributed by atoms with Gasteiger partial charge >= 0.3 is 0 Å². The third-order valence-electron chi connectivity index (χ3n) is 2.73. The lowest BCUT2D eigenvalue weighted by atomic mass is 10.2. The molecule has 0 aliphatic heterocycles. The molecule has 0 unspecified atom stereocenters. The van der Waals surface area contributed by atoms with Crippen LogP contribution in [0.1, 0.15) is 0 Å². The van der Waals surface area contributed by atoms with Crippen molar-refractivity contribution in [2.75, 3.05) is 5.32 Å². The van der Waals surface area contributed by atoms with Crippen LogP contribution < -0.4 is 5.32 Å². The lowest BCUT2D eigenvalue weighted by Crippen LogP contribution is -1.97. The number of halogens is 2. The van der Waals surface area contributed by atoms with Crippen LogP contribution in [0, 0.1) is 5.82 Å². The van der Waals surface area contributed by atoms with Gasteiger partial charge in [0, 0.05) is 16.5 Å². The zero-order valence-electron chi connectivity index (χ0n) is 9.77. The Morgan fingerprint density at radius 2 is 1.74 bits per heavy atom. The van der Waals surface area contributed by atoms with Gasteiger partial charge < -0.3 is 5.32 Å². The molecule has 3 rings (SSSR count). The summed E-state index contributed by atoms with van der Waals surface area (Å²) < 4.78 is 13.2. The molecule has 0 atom stereocenters. The topological polar surface area (TPSA) is 37.8 Å². The molecule has 1 heterocycles. The fraction of sp³-hybridized carbons (Fsp3) is 0. The number of aromatic nitrogens is 2. The third kappa shape index (κ3) is 2.35. The molecule has 0 saturated heterocycles. The third-order valence-corrected chi connectivity index (χ3v) is 3.01. The van der Waals surface area contributed by atoms with Gasteiger partial charge in [-0.3, -0.25) is 0 Å². The molecule has 0 radical (unpaired) electrons. The second-order valence-electron chi connectivity index (χ2n) is 4.02. The van der Waals surface area contributed by atoms with Crippen LogP contribution in [0.5, 0.6) is 0 Å². The van der Waals surface area contributed by atoms with E-state index < -0.39 is 0 Å². The summed E-state index contributed by atoms with van der Waals surface area (Å²) in [5.74, 6) is 0.238. The first-order chi connectivity index (χ1) is 9.24. The van der Waals surface area contributed by atoms with Crippen molar-refractivity contribution in [1.29, 1.82) is 0 Å². The van der Waals surface area contributed by atoms with Crippen molar-refractivity contribution in [1.82, 2.24) is 10.2 Å². The van der Waals surface area contributed by atoms with Crippen LogP contribution in [0.25, 0.3) is 10.8 Å². The summed E-state index contributed by atoms with van der Waals surface area (Å²) in [5.41, 5.74) is 0.613. The second-order valence-corrected chi connectivity index (χ2v) is 4.38. The van der Waals surface area contributed by atoms with Crippen molar-refractivity contribution in [2.45, 2.75) is 0 Å². The summed E-state index contributed by atoms with van der Waals surface area (Å²) in [6.45, 7) is 0. The number of rotatable bonds is 2. The van der Waals surface area contributed by atoms with Crippen molar-refractivity contribution in [2.24, 2.45) is 0 Å². The minimum Gasteiger partial charge on any atom is -0.338 e. The number of anilines is 2. The van der Waals surface area contributed by atoms with Crippen molar-refractivity contribution in [3.63, 3.8) is 0 Å². The van der Waals surface area contributed by atoms with E-state index in [9.17, 15) is 4.39 Å². The average Bonchev–Trinajstić information content (AvgIpc) is 2.42. The molecule has 0 spiro atoms. The van der Waals surface area contributed by atoms with E-state index >= 15 is 0 Å². The molecule has 5 heteroatoms. The Morgan fingerprint density at radius 1 is 0.947 bits per heavy atom. The first kappa shape index (κ1) is 11.9. The molecule has 0 bridgehead atoms. The van der Waals surface area contributed by atoms with Crippen molar-refractivity contribution >= 4 is 33.9 Å². The zero-order valence-corrected chi connectivity index (χ0v) is 10.5. The molecule has 94 valence electrons. The molecule has 19 heavy (non-hydrogen) atoms. The monoisotopic (exact) mass is 273 g/mol. The standard InChI is InChI=1S/C14H9ClFN3/c15-13-11-6-1-2-7-12(11)14(19-18-13)17-10-5-3-4-9(16)8-10/h1-8H,(H,17,19). The van der Waals surface area contributed by atoms with Gasteiger partial charge in [0.2, 0.25) is 0 Å². The van der Waals surface area contributed by atoms with Gasteiger partial charge in [0.05, 0.1) is 0 Å². The highest BCUT2D eigenvalue weighted by Gasteiger charge is 2.07. The van der Waals surface area contributed by atoms with Gasteiger partial charge in [-0.2, -0.15) is 0 Å². The number of fused-ring (bicyclic) bond motifs is 1. The zero-order chi connectivity index (χ0) is 13.2. The van der Waals surface area contributed by atoms with E-state index in [2.05, 4.69) is 15.5 Å². The summed E-state index contributed by atoms with van der Waals surface area (Å²) in [7, 11) is 0. The summed E-state index contributed by atoms with van der Waals surface area (Å²) in [4.78, 5) is 0. The predicted molar refractivity (Wildman–Crippen MR) is 74.2 cm³/mol. The summed E-state index contributed by atoms with van der Waals surface area (Å²) in [6, 6.07) is 13.7. The average molecular weight is 274 g/mol. The number of benzene rings is 2. The van der Waals surface area contributed by atoms with Gasteiger partial charge in [0.1, 0.15) is 5.82 Å². The van der Waals surface area contributed by atoms with Crippen LogP contribution in [-0.4, -0.2) is 10.2 Å². The van der Waals surface area contributed by atoms with Gasteiger partial charge in [0.15, 0.2) is 11.0 Å². The first-order valence-corrected chi connectivity index (χ1v) is 6.05. The van der Waals surface area contributed by atoms with Crippen molar-refractivity contribution in [3.8, 4) is 0 Å². The van der Waals surface area contributed by atoms with Crippen LogP contribution in [-0.2, 0) is 0 Å². The van der Waals surface area contributed by atoms with E-state index in [0.29, 0.717) is 16.7 Å². The molecule has 3 aromatic rings. The smallest absolute Gasteiger partial charge is 0.161 e. The Hall–Kier alpha value is -2.20. The van der Waals surface area contributed by atoms with E-state index in [1.54, 1.807) is 12.1 Å². The predicted octanol–water partition coefficient (Wildman–Crippen LogP) is 4.17. The molecule has 0 aliphatic carbocycles. The second kappa shape index (κ2) is 4.82. The van der Waals surface area contributed by atoms with Gasteiger partial charge in [0.25, 0.3) is 0 Å². The Morgan fingerprint density at radius 3 is 2.53 bits per heavy atom.